The Bertz CT molecular complexity index is 342. The molecule has 1 heteroatoms. The van der Waals surface area contributed by atoms with Gasteiger partial charge in [0.2, 0.25) is 0 Å². The predicted molar refractivity (Wildman–Crippen MR) is 85.5 cm³/mol. The zero-order valence-corrected chi connectivity index (χ0v) is 13.3. The molecule has 1 aromatic rings. The summed E-state index contributed by atoms with van der Waals surface area (Å²) in [5, 5.41) is 0. The summed E-state index contributed by atoms with van der Waals surface area (Å²) < 4.78 is 0.168. The largest absolute Gasteiger partial charge is 0.173 e. The minimum Gasteiger partial charge on any atom is -0.173 e. The lowest BCUT2D eigenvalue weighted by atomic mass is 9.74. The van der Waals surface area contributed by atoms with E-state index in [9.17, 15) is 0 Å². The molecule has 0 N–H and O–H groups in total. The van der Waals surface area contributed by atoms with Gasteiger partial charge in [-0.25, -0.2) is 0 Å². The maximum atomic E-state index is 4.81. The van der Waals surface area contributed by atoms with E-state index < -0.39 is 0 Å². The van der Waals surface area contributed by atoms with Crippen molar-refractivity contribution in [3.8, 4) is 0 Å². The number of aryl methyl sites for hydroxylation is 1. The molecular weight excluding hydrogens is 236 g/mol. The van der Waals surface area contributed by atoms with Crippen molar-refractivity contribution in [1.29, 1.82) is 0 Å². The van der Waals surface area contributed by atoms with Crippen LogP contribution < -0.4 is 0 Å². The second-order valence-corrected chi connectivity index (χ2v) is 7.26. The van der Waals surface area contributed by atoms with Gasteiger partial charge in [-0.2, -0.15) is 12.6 Å². The first kappa shape index (κ1) is 15.6. The van der Waals surface area contributed by atoms with Crippen LogP contribution in [-0.2, 0) is 6.42 Å². The molecule has 0 bridgehead atoms. The quantitative estimate of drug-likeness (QED) is 0.616. The highest BCUT2D eigenvalue weighted by atomic mass is 32.1. The molecule has 1 rings (SSSR count). The zero-order valence-electron chi connectivity index (χ0n) is 12.4. The van der Waals surface area contributed by atoms with Crippen LogP contribution in [0.25, 0.3) is 0 Å². The predicted octanol–water partition coefficient (Wildman–Crippen LogP) is 5.52. The first-order valence-electron chi connectivity index (χ1n) is 7.17. The van der Waals surface area contributed by atoms with Gasteiger partial charge in [0, 0.05) is 4.75 Å². The Kier molecular flexibility index (Phi) is 5.78. The summed E-state index contributed by atoms with van der Waals surface area (Å²) in [6.07, 6.45) is 6.00. The van der Waals surface area contributed by atoms with E-state index in [0.29, 0.717) is 5.41 Å². The molecule has 0 nitrogen and oxygen atoms in total. The maximum absolute atomic E-state index is 4.81. The highest BCUT2D eigenvalue weighted by molar-refractivity contribution is 7.81. The Morgan fingerprint density at radius 3 is 2.11 bits per heavy atom. The molecule has 0 heterocycles. The van der Waals surface area contributed by atoms with Crippen LogP contribution in [0.3, 0.4) is 0 Å². The van der Waals surface area contributed by atoms with E-state index in [-0.39, 0.29) is 4.75 Å². The summed E-state index contributed by atoms with van der Waals surface area (Å²) >= 11 is 4.81. The van der Waals surface area contributed by atoms with E-state index >= 15 is 0 Å². The van der Waals surface area contributed by atoms with Gasteiger partial charge in [0.05, 0.1) is 0 Å². The molecule has 2 atom stereocenters. The summed E-state index contributed by atoms with van der Waals surface area (Å²) in [7, 11) is 0. The van der Waals surface area contributed by atoms with Crippen molar-refractivity contribution in [3.63, 3.8) is 0 Å². The van der Waals surface area contributed by atoms with Crippen molar-refractivity contribution < 1.29 is 0 Å². The van der Waals surface area contributed by atoms with E-state index in [1.54, 1.807) is 0 Å². The molecule has 0 fully saturated rings. The summed E-state index contributed by atoms with van der Waals surface area (Å²) in [5.41, 5.74) is 1.86. The molecule has 1 aromatic carbocycles. The number of benzene rings is 1. The van der Waals surface area contributed by atoms with Gasteiger partial charge in [-0.05, 0) is 36.7 Å². The van der Waals surface area contributed by atoms with Gasteiger partial charge in [0.1, 0.15) is 0 Å². The Labute approximate surface area is 119 Å². The smallest absolute Gasteiger partial charge is 0.0104 e. The standard InChI is InChI=1S/C17H28S/c1-5-16(3,14-17(4,18)6-2)13-12-15-10-8-7-9-11-15/h7-11,18H,5-6,12-14H2,1-4H3. The minimum atomic E-state index is 0.168. The lowest BCUT2D eigenvalue weighted by Gasteiger charge is -2.36. The van der Waals surface area contributed by atoms with Gasteiger partial charge in [-0.15, -0.1) is 0 Å². The van der Waals surface area contributed by atoms with E-state index in [1.807, 2.05) is 0 Å². The van der Waals surface area contributed by atoms with Crippen molar-refractivity contribution in [3.05, 3.63) is 35.9 Å². The fourth-order valence-electron chi connectivity index (χ4n) is 2.53. The average molecular weight is 264 g/mol. The SMILES string of the molecule is CCC(C)(S)CC(C)(CC)CCc1ccccc1. The van der Waals surface area contributed by atoms with Gasteiger partial charge in [0.15, 0.2) is 0 Å². The van der Waals surface area contributed by atoms with Crippen LogP contribution in [0.5, 0.6) is 0 Å². The van der Waals surface area contributed by atoms with Crippen LogP contribution in [-0.4, -0.2) is 4.75 Å². The van der Waals surface area contributed by atoms with Crippen LogP contribution in [0.4, 0.5) is 0 Å². The summed E-state index contributed by atoms with van der Waals surface area (Å²) in [5.74, 6) is 0. The third kappa shape index (κ3) is 5.06. The molecule has 0 aliphatic carbocycles. The Morgan fingerprint density at radius 1 is 1.00 bits per heavy atom. The molecule has 0 aliphatic heterocycles. The molecular formula is C17H28S. The van der Waals surface area contributed by atoms with Gasteiger partial charge in [-0.1, -0.05) is 64.4 Å². The Balaban J connectivity index is 2.60. The van der Waals surface area contributed by atoms with Crippen LogP contribution >= 0.6 is 12.6 Å². The lowest BCUT2D eigenvalue weighted by molar-refractivity contribution is 0.231. The van der Waals surface area contributed by atoms with E-state index in [2.05, 4.69) is 58.0 Å². The van der Waals surface area contributed by atoms with Gasteiger partial charge < -0.3 is 0 Å². The first-order valence-corrected chi connectivity index (χ1v) is 7.62. The molecule has 0 radical (unpaired) electrons. The van der Waals surface area contributed by atoms with Crippen molar-refractivity contribution in [2.24, 2.45) is 5.41 Å². The topological polar surface area (TPSA) is 0 Å². The second kappa shape index (κ2) is 6.65. The molecule has 2 unspecified atom stereocenters. The van der Waals surface area contributed by atoms with Crippen molar-refractivity contribution in [1.82, 2.24) is 0 Å². The number of hydrogen-bond donors (Lipinski definition) is 1. The second-order valence-electron chi connectivity index (χ2n) is 6.18. The van der Waals surface area contributed by atoms with Crippen LogP contribution in [0.1, 0.15) is 58.9 Å². The summed E-state index contributed by atoms with van der Waals surface area (Å²) in [6, 6.07) is 10.8. The van der Waals surface area contributed by atoms with E-state index in [1.165, 1.54) is 31.2 Å². The lowest BCUT2D eigenvalue weighted by Crippen LogP contribution is -2.28. The third-order valence-corrected chi connectivity index (χ3v) is 4.76. The molecule has 0 spiro atoms. The number of hydrogen-bond acceptors (Lipinski definition) is 1. The van der Waals surface area contributed by atoms with Crippen LogP contribution in [0, 0.1) is 5.41 Å². The molecule has 0 saturated heterocycles. The third-order valence-electron chi connectivity index (χ3n) is 4.28. The molecule has 0 aromatic heterocycles. The van der Waals surface area contributed by atoms with Crippen molar-refractivity contribution in [2.45, 2.75) is 64.5 Å². The van der Waals surface area contributed by atoms with E-state index in [0.717, 1.165) is 6.42 Å². The molecule has 0 saturated carbocycles. The fourth-order valence-corrected chi connectivity index (χ4v) is 2.91. The Hall–Kier alpha value is -0.430. The monoisotopic (exact) mass is 264 g/mol. The number of thiol groups is 1. The fraction of sp³-hybridized carbons (Fsp3) is 0.647. The maximum Gasteiger partial charge on any atom is 0.0104 e. The highest BCUT2D eigenvalue weighted by Crippen LogP contribution is 2.40. The molecule has 18 heavy (non-hydrogen) atoms. The first-order chi connectivity index (χ1) is 8.41. The van der Waals surface area contributed by atoms with Gasteiger partial charge in [0.25, 0.3) is 0 Å². The summed E-state index contributed by atoms with van der Waals surface area (Å²) in [4.78, 5) is 0. The molecule has 102 valence electrons. The van der Waals surface area contributed by atoms with Crippen LogP contribution in [0.2, 0.25) is 0 Å². The summed E-state index contributed by atoms with van der Waals surface area (Å²) in [6.45, 7) is 9.23. The van der Waals surface area contributed by atoms with Crippen molar-refractivity contribution in [2.75, 3.05) is 0 Å². The van der Waals surface area contributed by atoms with Crippen molar-refractivity contribution >= 4 is 12.6 Å². The molecule has 0 aliphatic rings. The van der Waals surface area contributed by atoms with Crippen LogP contribution in [0.15, 0.2) is 30.3 Å². The van der Waals surface area contributed by atoms with E-state index in [4.69, 9.17) is 12.6 Å². The zero-order chi connectivity index (χ0) is 13.6. The Morgan fingerprint density at radius 2 is 1.61 bits per heavy atom. The van der Waals surface area contributed by atoms with Gasteiger partial charge >= 0.3 is 0 Å². The van der Waals surface area contributed by atoms with Gasteiger partial charge in [-0.3, -0.25) is 0 Å². The highest BCUT2D eigenvalue weighted by Gasteiger charge is 2.30. The number of rotatable bonds is 7. The molecule has 0 amide bonds. The minimum absolute atomic E-state index is 0.168. The normalized spacial score (nSPS) is 18.1. The average Bonchev–Trinajstić information content (AvgIpc) is 2.37.